The van der Waals surface area contributed by atoms with Crippen molar-refractivity contribution in [3.8, 4) is 0 Å². The van der Waals surface area contributed by atoms with Crippen LogP contribution in [0.5, 0.6) is 0 Å². The van der Waals surface area contributed by atoms with Gasteiger partial charge in [-0.05, 0) is 19.0 Å². The molecule has 0 bridgehead atoms. The summed E-state index contributed by atoms with van der Waals surface area (Å²) in [6.07, 6.45) is -4.21. The summed E-state index contributed by atoms with van der Waals surface area (Å²) in [6, 6.07) is 9.56. The highest BCUT2D eigenvalue weighted by Gasteiger charge is 2.27. The van der Waals surface area contributed by atoms with Crippen LogP contribution in [0.3, 0.4) is 0 Å². The zero-order valence-corrected chi connectivity index (χ0v) is 10.5. The molecule has 0 radical (unpaired) electrons. The van der Waals surface area contributed by atoms with E-state index in [1.54, 1.807) is 11.9 Å². The maximum Gasteiger partial charge on any atom is 0.390 e. The molecule has 1 aromatic carbocycles. The van der Waals surface area contributed by atoms with Gasteiger partial charge in [-0.2, -0.15) is 13.2 Å². The third-order valence-corrected chi connectivity index (χ3v) is 2.66. The Morgan fingerprint density at radius 3 is 2.39 bits per heavy atom. The molecule has 2 N–H and O–H groups in total. The van der Waals surface area contributed by atoms with Gasteiger partial charge in [0.1, 0.15) is 0 Å². The third-order valence-electron chi connectivity index (χ3n) is 2.66. The van der Waals surface area contributed by atoms with E-state index >= 15 is 0 Å². The number of benzene rings is 1. The fraction of sp³-hybridized carbons (Fsp3) is 0.538. The fourth-order valence-corrected chi connectivity index (χ4v) is 1.79. The number of hydrogen-bond donors (Lipinski definition) is 1. The summed E-state index contributed by atoms with van der Waals surface area (Å²) in [4.78, 5) is 1.63. The standard InChI is InChI=1S/C13H19F3N2/c1-18(8-7-13(14,15)16)10-12(17)9-11-5-3-2-4-6-11/h2-6,12H,7-10,17H2,1H3. The van der Waals surface area contributed by atoms with Gasteiger partial charge in [-0.15, -0.1) is 0 Å². The molecule has 102 valence electrons. The topological polar surface area (TPSA) is 29.3 Å². The van der Waals surface area contributed by atoms with Crippen molar-refractivity contribution in [2.75, 3.05) is 20.1 Å². The van der Waals surface area contributed by atoms with Gasteiger partial charge in [0.25, 0.3) is 0 Å². The molecule has 1 unspecified atom stereocenters. The molecule has 0 fully saturated rings. The van der Waals surface area contributed by atoms with Crippen molar-refractivity contribution in [1.82, 2.24) is 4.90 Å². The van der Waals surface area contributed by atoms with Crippen LogP contribution >= 0.6 is 0 Å². The molecule has 1 atom stereocenters. The summed E-state index contributed by atoms with van der Waals surface area (Å²) >= 11 is 0. The van der Waals surface area contributed by atoms with Gasteiger partial charge in [0.05, 0.1) is 6.42 Å². The monoisotopic (exact) mass is 260 g/mol. The smallest absolute Gasteiger partial charge is 0.326 e. The summed E-state index contributed by atoms with van der Waals surface area (Å²) in [7, 11) is 1.66. The summed E-state index contributed by atoms with van der Waals surface area (Å²) in [6.45, 7) is 0.455. The van der Waals surface area contributed by atoms with Crippen LogP contribution in [-0.2, 0) is 6.42 Å². The van der Waals surface area contributed by atoms with Crippen LogP contribution in [0.25, 0.3) is 0 Å². The largest absolute Gasteiger partial charge is 0.390 e. The van der Waals surface area contributed by atoms with Gasteiger partial charge in [0, 0.05) is 19.1 Å². The molecule has 5 heteroatoms. The van der Waals surface area contributed by atoms with E-state index in [0.29, 0.717) is 13.0 Å². The van der Waals surface area contributed by atoms with E-state index in [2.05, 4.69) is 0 Å². The van der Waals surface area contributed by atoms with Gasteiger partial charge < -0.3 is 10.6 Å². The molecular weight excluding hydrogens is 241 g/mol. The van der Waals surface area contributed by atoms with Crippen molar-refractivity contribution in [3.63, 3.8) is 0 Å². The van der Waals surface area contributed by atoms with E-state index in [4.69, 9.17) is 5.73 Å². The van der Waals surface area contributed by atoms with Crippen LogP contribution in [0.1, 0.15) is 12.0 Å². The molecule has 1 rings (SSSR count). The van der Waals surface area contributed by atoms with E-state index in [1.807, 2.05) is 30.3 Å². The summed E-state index contributed by atoms with van der Waals surface area (Å²) in [5.74, 6) is 0. The van der Waals surface area contributed by atoms with E-state index in [1.165, 1.54) is 0 Å². The molecule has 0 heterocycles. The molecule has 0 aromatic heterocycles. The van der Waals surface area contributed by atoms with Crippen LogP contribution in [-0.4, -0.2) is 37.3 Å². The molecule has 0 saturated heterocycles. The first kappa shape index (κ1) is 15.0. The molecule has 0 aliphatic carbocycles. The lowest BCUT2D eigenvalue weighted by molar-refractivity contribution is -0.137. The summed E-state index contributed by atoms with van der Waals surface area (Å²) in [5, 5.41) is 0. The molecule has 0 saturated carbocycles. The van der Waals surface area contributed by atoms with Crippen molar-refractivity contribution < 1.29 is 13.2 Å². The first-order chi connectivity index (χ1) is 8.37. The van der Waals surface area contributed by atoms with Gasteiger partial charge in [0.2, 0.25) is 0 Å². The number of nitrogens with two attached hydrogens (primary N) is 1. The first-order valence-corrected chi connectivity index (χ1v) is 5.91. The summed E-state index contributed by atoms with van der Waals surface area (Å²) < 4.78 is 36.1. The Kier molecular flexibility index (Phi) is 5.62. The number of hydrogen-bond acceptors (Lipinski definition) is 2. The van der Waals surface area contributed by atoms with Crippen molar-refractivity contribution in [3.05, 3.63) is 35.9 Å². The van der Waals surface area contributed by atoms with Crippen LogP contribution in [0.4, 0.5) is 13.2 Å². The number of nitrogens with zero attached hydrogens (tertiary/aromatic N) is 1. The predicted octanol–water partition coefficient (Wildman–Crippen LogP) is 2.44. The molecule has 18 heavy (non-hydrogen) atoms. The quantitative estimate of drug-likeness (QED) is 0.851. The van der Waals surface area contributed by atoms with Gasteiger partial charge >= 0.3 is 6.18 Å². The van der Waals surface area contributed by atoms with Crippen molar-refractivity contribution in [2.45, 2.75) is 25.1 Å². The highest BCUT2D eigenvalue weighted by molar-refractivity contribution is 5.15. The molecule has 0 aliphatic heterocycles. The number of rotatable bonds is 6. The number of alkyl halides is 3. The number of halogens is 3. The Labute approximate surface area is 106 Å². The Balaban J connectivity index is 2.29. The lowest BCUT2D eigenvalue weighted by Gasteiger charge is -2.21. The van der Waals surface area contributed by atoms with Gasteiger partial charge in [-0.3, -0.25) is 0 Å². The van der Waals surface area contributed by atoms with E-state index < -0.39 is 12.6 Å². The predicted molar refractivity (Wildman–Crippen MR) is 66.3 cm³/mol. The first-order valence-electron chi connectivity index (χ1n) is 5.91. The highest BCUT2D eigenvalue weighted by atomic mass is 19.4. The van der Waals surface area contributed by atoms with E-state index in [9.17, 15) is 13.2 Å². The third kappa shape index (κ3) is 6.61. The molecule has 1 aromatic rings. The minimum absolute atomic E-state index is 0.00795. The highest BCUT2D eigenvalue weighted by Crippen LogP contribution is 2.19. The average Bonchev–Trinajstić information content (AvgIpc) is 2.26. The Hall–Kier alpha value is -1.07. The minimum atomic E-state index is -4.10. The lowest BCUT2D eigenvalue weighted by atomic mass is 10.1. The van der Waals surface area contributed by atoms with Crippen LogP contribution in [0.2, 0.25) is 0 Å². The van der Waals surface area contributed by atoms with Gasteiger partial charge in [-0.25, -0.2) is 0 Å². The summed E-state index contributed by atoms with van der Waals surface area (Å²) in [5.41, 5.74) is 7.03. The Morgan fingerprint density at radius 1 is 1.22 bits per heavy atom. The second-order valence-corrected chi connectivity index (χ2v) is 4.58. The van der Waals surface area contributed by atoms with E-state index in [-0.39, 0.29) is 12.6 Å². The SMILES string of the molecule is CN(CCC(F)(F)F)CC(N)Cc1ccccc1. The molecule has 0 spiro atoms. The molecule has 0 aliphatic rings. The Bertz CT molecular complexity index is 338. The Morgan fingerprint density at radius 2 is 1.83 bits per heavy atom. The maximum atomic E-state index is 12.0. The molecular formula is C13H19F3N2. The second-order valence-electron chi connectivity index (χ2n) is 4.58. The zero-order chi connectivity index (χ0) is 13.6. The van der Waals surface area contributed by atoms with E-state index in [0.717, 1.165) is 5.56 Å². The second kappa shape index (κ2) is 6.75. The van der Waals surface area contributed by atoms with Crippen LogP contribution < -0.4 is 5.73 Å². The van der Waals surface area contributed by atoms with Crippen molar-refractivity contribution in [2.24, 2.45) is 5.73 Å². The minimum Gasteiger partial charge on any atom is -0.326 e. The van der Waals surface area contributed by atoms with Crippen molar-refractivity contribution in [1.29, 1.82) is 0 Å². The fourth-order valence-electron chi connectivity index (χ4n) is 1.79. The maximum absolute atomic E-state index is 12.0. The van der Waals surface area contributed by atoms with Gasteiger partial charge in [0.15, 0.2) is 0 Å². The molecule has 2 nitrogen and oxygen atoms in total. The number of likely N-dealkylation sites (N-methyl/N-ethyl adjacent to an activating group) is 1. The normalized spacial score (nSPS) is 13.9. The lowest BCUT2D eigenvalue weighted by Crippen LogP contribution is -2.38. The molecule has 0 amide bonds. The van der Waals surface area contributed by atoms with Crippen LogP contribution in [0, 0.1) is 0 Å². The van der Waals surface area contributed by atoms with Crippen LogP contribution in [0.15, 0.2) is 30.3 Å². The average molecular weight is 260 g/mol. The van der Waals surface area contributed by atoms with Gasteiger partial charge in [-0.1, -0.05) is 30.3 Å². The zero-order valence-electron chi connectivity index (χ0n) is 10.5. The van der Waals surface area contributed by atoms with Crippen molar-refractivity contribution >= 4 is 0 Å².